The summed E-state index contributed by atoms with van der Waals surface area (Å²) in [4.78, 5) is 26.0. The Kier molecular flexibility index (Phi) is 6.33. The lowest BCUT2D eigenvalue weighted by Gasteiger charge is -2.36. The van der Waals surface area contributed by atoms with Crippen LogP contribution in [0.25, 0.3) is 0 Å². The second-order valence-electron chi connectivity index (χ2n) is 8.43. The zero-order chi connectivity index (χ0) is 20.3. The van der Waals surface area contributed by atoms with Gasteiger partial charge < -0.3 is 14.5 Å². The van der Waals surface area contributed by atoms with Gasteiger partial charge in [-0.2, -0.15) is 5.26 Å². The third-order valence-corrected chi connectivity index (χ3v) is 5.60. The fourth-order valence-electron chi connectivity index (χ4n) is 3.78. The van der Waals surface area contributed by atoms with Crippen molar-refractivity contribution in [2.24, 2.45) is 5.92 Å². The molecule has 0 spiro atoms. The molecule has 152 valence electrons. The molecule has 0 aliphatic carbocycles. The maximum Gasteiger partial charge on any atom is 0.410 e. The highest BCUT2D eigenvalue weighted by molar-refractivity contribution is 7.98. The van der Waals surface area contributed by atoms with Crippen molar-refractivity contribution in [3.05, 3.63) is 11.3 Å². The lowest BCUT2D eigenvalue weighted by molar-refractivity contribution is 0.0220. The number of hydrogen-bond acceptors (Lipinski definition) is 7. The van der Waals surface area contributed by atoms with Crippen LogP contribution in [0.3, 0.4) is 0 Å². The number of piperidine rings is 1. The highest BCUT2D eigenvalue weighted by Crippen LogP contribution is 2.32. The molecule has 3 rings (SSSR count). The summed E-state index contributed by atoms with van der Waals surface area (Å²) in [6.45, 7) is 8.50. The first-order valence-corrected chi connectivity index (χ1v) is 11.1. The summed E-state index contributed by atoms with van der Waals surface area (Å²) in [5.41, 5.74) is 1.53. The van der Waals surface area contributed by atoms with E-state index in [2.05, 4.69) is 11.0 Å². The number of aromatic nitrogens is 2. The minimum Gasteiger partial charge on any atom is -0.444 e. The number of amides is 1. The van der Waals surface area contributed by atoms with Gasteiger partial charge in [-0.25, -0.2) is 14.8 Å². The SMILES string of the molecule is CSc1nc2c(c(N3CCC[C@@H](CC#N)C3)n1)CCN(C(=O)OC(C)(C)C)C2. The molecule has 1 saturated heterocycles. The Balaban J connectivity index is 1.84. The molecule has 8 heteroatoms. The van der Waals surface area contributed by atoms with Crippen molar-refractivity contribution in [3.8, 4) is 6.07 Å². The summed E-state index contributed by atoms with van der Waals surface area (Å²) in [6, 6.07) is 2.31. The molecule has 1 atom stereocenters. The number of rotatable bonds is 3. The average Bonchev–Trinajstić information content (AvgIpc) is 2.65. The largest absolute Gasteiger partial charge is 0.444 e. The lowest BCUT2D eigenvalue weighted by atomic mass is 9.94. The summed E-state index contributed by atoms with van der Waals surface area (Å²) in [6.07, 6.45) is 5.15. The van der Waals surface area contributed by atoms with Crippen molar-refractivity contribution in [2.45, 2.75) is 63.8 Å². The van der Waals surface area contributed by atoms with Crippen molar-refractivity contribution < 1.29 is 9.53 Å². The number of carbonyl (C=O) groups is 1. The van der Waals surface area contributed by atoms with E-state index in [1.165, 1.54) is 11.8 Å². The number of fused-ring (bicyclic) bond motifs is 1. The number of thioether (sulfide) groups is 1. The van der Waals surface area contributed by atoms with Gasteiger partial charge in [0.15, 0.2) is 5.16 Å². The Labute approximate surface area is 171 Å². The Morgan fingerprint density at radius 3 is 2.82 bits per heavy atom. The number of nitriles is 1. The third-order valence-electron chi connectivity index (χ3n) is 5.06. The average molecular weight is 404 g/mol. The molecule has 1 aromatic heterocycles. The highest BCUT2D eigenvalue weighted by atomic mass is 32.2. The van der Waals surface area contributed by atoms with Gasteiger partial charge in [-0.15, -0.1) is 0 Å². The molecule has 2 aliphatic heterocycles. The van der Waals surface area contributed by atoms with Gasteiger partial charge in [0.2, 0.25) is 0 Å². The molecule has 1 aromatic rings. The van der Waals surface area contributed by atoms with Crippen LogP contribution in [0.4, 0.5) is 10.6 Å². The Morgan fingerprint density at radius 2 is 2.14 bits per heavy atom. The zero-order valence-corrected chi connectivity index (χ0v) is 18.0. The van der Waals surface area contributed by atoms with Crippen LogP contribution in [-0.4, -0.2) is 52.5 Å². The predicted octanol–water partition coefficient (Wildman–Crippen LogP) is 3.62. The second-order valence-corrected chi connectivity index (χ2v) is 9.20. The molecule has 2 aliphatic rings. The van der Waals surface area contributed by atoms with Gasteiger partial charge in [0.05, 0.1) is 18.3 Å². The van der Waals surface area contributed by atoms with Gasteiger partial charge in [-0.3, -0.25) is 0 Å². The molecular weight excluding hydrogens is 374 g/mol. The zero-order valence-electron chi connectivity index (χ0n) is 17.2. The van der Waals surface area contributed by atoms with E-state index in [1.54, 1.807) is 4.90 Å². The highest BCUT2D eigenvalue weighted by Gasteiger charge is 2.31. The van der Waals surface area contributed by atoms with Gasteiger partial charge in [0, 0.05) is 31.6 Å². The van der Waals surface area contributed by atoms with Gasteiger partial charge in [0.25, 0.3) is 0 Å². The van der Waals surface area contributed by atoms with Gasteiger partial charge in [-0.1, -0.05) is 11.8 Å². The van der Waals surface area contributed by atoms with Crippen molar-refractivity contribution in [2.75, 3.05) is 30.8 Å². The first-order valence-electron chi connectivity index (χ1n) is 9.84. The molecule has 7 nitrogen and oxygen atoms in total. The number of anilines is 1. The van der Waals surface area contributed by atoms with Crippen molar-refractivity contribution in [3.63, 3.8) is 0 Å². The molecule has 0 N–H and O–H groups in total. The summed E-state index contributed by atoms with van der Waals surface area (Å²) < 4.78 is 5.53. The van der Waals surface area contributed by atoms with Crippen molar-refractivity contribution >= 4 is 23.7 Å². The van der Waals surface area contributed by atoms with E-state index in [0.29, 0.717) is 25.4 Å². The first kappa shape index (κ1) is 20.7. The fraction of sp³-hybridized carbons (Fsp3) is 0.700. The molecule has 0 saturated carbocycles. The summed E-state index contributed by atoms with van der Waals surface area (Å²) >= 11 is 1.51. The van der Waals surface area contributed by atoms with Crippen LogP contribution in [0.5, 0.6) is 0 Å². The topological polar surface area (TPSA) is 82.4 Å². The molecule has 0 unspecified atom stereocenters. The van der Waals surface area contributed by atoms with E-state index >= 15 is 0 Å². The van der Waals surface area contributed by atoms with Gasteiger partial charge in [0.1, 0.15) is 11.4 Å². The molecule has 0 bridgehead atoms. The van der Waals surface area contributed by atoms with E-state index in [1.807, 2.05) is 27.0 Å². The quantitative estimate of drug-likeness (QED) is 0.563. The lowest BCUT2D eigenvalue weighted by Crippen LogP contribution is -2.42. The Morgan fingerprint density at radius 1 is 1.36 bits per heavy atom. The van der Waals surface area contributed by atoms with E-state index in [0.717, 1.165) is 54.6 Å². The van der Waals surface area contributed by atoms with Crippen molar-refractivity contribution in [1.82, 2.24) is 14.9 Å². The van der Waals surface area contributed by atoms with Gasteiger partial charge >= 0.3 is 6.09 Å². The minimum atomic E-state index is -0.512. The predicted molar refractivity (Wildman–Crippen MR) is 109 cm³/mol. The maximum absolute atomic E-state index is 12.5. The monoisotopic (exact) mass is 403 g/mol. The molecule has 0 aromatic carbocycles. The smallest absolute Gasteiger partial charge is 0.410 e. The molecule has 3 heterocycles. The third kappa shape index (κ3) is 4.88. The minimum absolute atomic E-state index is 0.295. The summed E-state index contributed by atoms with van der Waals surface area (Å²) in [5, 5.41) is 9.79. The molecule has 0 radical (unpaired) electrons. The number of nitrogens with zero attached hydrogens (tertiary/aromatic N) is 5. The van der Waals surface area contributed by atoms with E-state index in [9.17, 15) is 4.79 Å². The Bertz CT molecular complexity index is 771. The van der Waals surface area contributed by atoms with Crippen LogP contribution in [-0.2, 0) is 17.7 Å². The van der Waals surface area contributed by atoms with E-state index in [-0.39, 0.29) is 6.09 Å². The number of carbonyl (C=O) groups excluding carboxylic acids is 1. The Hall–Kier alpha value is -2.01. The van der Waals surface area contributed by atoms with Crippen LogP contribution in [0, 0.1) is 17.2 Å². The molecule has 1 fully saturated rings. The van der Waals surface area contributed by atoms with Crippen LogP contribution in [0.1, 0.15) is 51.3 Å². The normalized spacial score (nSPS) is 19.8. The van der Waals surface area contributed by atoms with Gasteiger partial charge in [-0.05, 0) is 52.2 Å². The summed E-state index contributed by atoms with van der Waals surface area (Å²) in [7, 11) is 0. The maximum atomic E-state index is 12.5. The van der Waals surface area contributed by atoms with Crippen LogP contribution in [0.15, 0.2) is 5.16 Å². The second kappa shape index (κ2) is 8.56. The van der Waals surface area contributed by atoms with Crippen LogP contribution in [0.2, 0.25) is 0 Å². The fourth-order valence-corrected chi connectivity index (χ4v) is 4.16. The number of ether oxygens (including phenoxy) is 1. The van der Waals surface area contributed by atoms with Crippen LogP contribution >= 0.6 is 11.8 Å². The standard InChI is InChI=1S/C20H29N5O2S/c1-20(2,3)27-19(26)25-11-8-15-16(13-25)22-18(28-4)23-17(15)24-10-5-6-14(12-24)7-9-21/h14H,5-8,10-13H2,1-4H3/t14-/m0/s1. The number of hydrogen-bond donors (Lipinski definition) is 0. The first-order chi connectivity index (χ1) is 13.3. The van der Waals surface area contributed by atoms with E-state index < -0.39 is 5.60 Å². The van der Waals surface area contributed by atoms with Crippen LogP contribution < -0.4 is 4.90 Å². The van der Waals surface area contributed by atoms with E-state index in [4.69, 9.17) is 20.0 Å². The summed E-state index contributed by atoms with van der Waals surface area (Å²) in [5.74, 6) is 1.38. The molecule has 28 heavy (non-hydrogen) atoms. The molecular formula is C20H29N5O2S. The molecule has 1 amide bonds. The van der Waals surface area contributed by atoms with Crippen molar-refractivity contribution in [1.29, 1.82) is 5.26 Å².